The van der Waals surface area contributed by atoms with Gasteiger partial charge in [-0.2, -0.15) is 0 Å². The van der Waals surface area contributed by atoms with Crippen molar-refractivity contribution in [2.75, 3.05) is 13.1 Å². The molecule has 0 spiro atoms. The molecule has 4 aromatic rings. The molecule has 3 aromatic carbocycles. The number of benzene rings is 3. The third-order valence-electron chi connectivity index (χ3n) is 7.07. The zero-order chi connectivity index (χ0) is 22.4. The maximum atomic E-state index is 10.7. The number of aliphatic hydroxyl groups excluding tert-OH is 1. The third kappa shape index (κ3) is 4.26. The van der Waals surface area contributed by atoms with Crippen molar-refractivity contribution in [1.82, 2.24) is 15.2 Å². The van der Waals surface area contributed by atoms with Gasteiger partial charge in [-0.1, -0.05) is 54.4 Å². The highest BCUT2D eigenvalue weighted by Crippen LogP contribution is 2.43. The van der Waals surface area contributed by atoms with Crippen LogP contribution in [0.4, 0.5) is 0 Å². The van der Waals surface area contributed by atoms with Crippen LogP contribution < -0.4 is 5.32 Å². The van der Waals surface area contributed by atoms with E-state index < -0.39 is 6.23 Å². The van der Waals surface area contributed by atoms with Gasteiger partial charge in [0.1, 0.15) is 6.23 Å². The Morgan fingerprint density at radius 1 is 0.941 bits per heavy atom. The predicted molar refractivity (Wildman–Crippen MR) is 142 cm³/mol. The van der Waals surface area contributed by atoms with Gasteiger partial charge in [0, 0.05) is 46.4 Å². The maximum absolute atomic E-state index is 10.7. The van der Waals surface area contributed by atoms with E-state index >= 15 is 0 Å². The number of aromatic nitrogens is 1. The Balaban J connectivity index is 0.00000241. The summed E-state index contributed by atoms with van der Waals surface area (Å²) in [7, 11) is 0. The first-order valence-corrected chi connectivity index (χ1v) is 12.2. The van der Waals surface area contributed by atoms with Gasteiger partial charge < -0.3 is 10.1 Å². The first-order chi connectivity index (χ1) is 16.2. The Bertz CT molecular complexity index is 1310. The number of hydrogen-bond donors (Lipinski definition) is 3. The van der Waals surface area contributed by atoms with Crippen LogP contribution in [0, 0.1) is 0 Å². The first-order valence-electron chi connectivity index (χ1n) is 11.8. The molecule has 34 heavy (non-hydrogen) atoms. The van der Waals surface area contributed by atoms with Gasteiger partial charge in [0.15, 0.2) is 0 Å². The minimum Gasteiger partial charge on any atom is -0.374 e. The molecule has 1 atom stereocenters. The second-order valence-electron chi connectivity index (χ2n) is 9.27. The summed E-state index contributed by atoms with van der Waals surface area (Å²) < 4.78 is 0. The molecule has 4 nitrogen and oxygen atoms in total. The lowest BCUT2D eigenvalue weighted by Crippen LogP contribution is -2.28. The van der Waals surface area contributed by atoms with Crippen LogP contribution in [-0.2, 0) is 13.1 Å². The fraction of sp³-hybridized carbons (Fsp3) is 0.286. The van der Waals surface area contributed by atoms with Gasteiger partial charge in [-0.25, -0.2) is 0 Å². The number of aliphatic hydroxyl groups is 1. The second kappa shape index (κ2) is 9.73. The molecule has 2 aliphatic heterocycles. The van der Waals surface area contributed by atoms with Crippen molar-refractivity contribution in [2.24, 2.45) is 0 Å². The van der Waals surface area contributed by atoms with Crippen molar-refractivity contribution in [3.8, 4) is 22.4 Å². The lowest BCUT2D eigenvalue weighted by Gasteiger charge is -2.26. The predicted octanol–water partition coefficient (Wildman–Crippen LogP) is 6.66. The fourth-order valence-corrected chi connectivity index (χ4v) is 5.70. The van der Waals surface area contributed by atoms with Crippen molar-refractivity contribution < 1.29 is 5.11 Å². The van der Waals surface area contributed by atoms with Crippen LogP contribution in [0.3, 0.4) is 0 Å². The Hall–Kier alpha value is -2.34. The topological polar surface area (TPSA) is 51.3 Å². The van der Waals surface area contributed by atoms with E-state index in [1.807, 2.05) is 18.2 Å². The fourth-order valence-electron chi connectivity index (χ4n) is 5.37. The van der Waals surface area contributed by atoms with E-state index in [9.17, 15) is 5.11 Å². The van der Waals surface area contributed by atoms with E-state index in [1.165, 1.54) is 43.3 Å². The summed E-state index contributed by atoms with van der Waals surface area (Å²) >= 11 is 6.84. The van der Waals surface area contributed by atoms with Crippen LogP contribution in [0.15, 0.2) is 60.7 Å². The highest BCUT2D eigenvalue weighted by molar-refractivity contribution is 6.34. The summed E-state index contributed by atoms with van der Waals surface area (Å²) in [6.45, 7) is 3.96. The number of aromatic amines is 1. The zero-order valence-corrected chi connectivity index (χ0v) is 20.6. The van der Waals surface area contributed by atoms with Crippen LogP contribution >= 0.6 is 24.0 Å². The highest BCUT2D eigenvalue weighted by Gasteiger charge is 2.29. The quantitative estimate of drug-likeness (QED) is 0.298. The summed E-state index contributed by atoms with van der Waals surface area (Å²) in [5, 5.41) is 15.8. The molecule has 6 rings (SSSR count). The molecular weight excluding hydrogens is 465 g/mol. The number of rotatable bonds is 4. The molecule has 3 N–H and O–H groups in total. The van der Waals surface area contributed by atoms with Gasteiger partial charge >= 0.3 is 0 Å². The van der Waals surface area contributed by atoms with E-state index in [-0.39, 0.29) is 12.4 Å². The van der Waals surface area contributed by atoms with E-state index in [1.54, 1.807) is 0 Å². The van der Waals surface area contributed by atoms with Crippen molar-refractivity contribution in [3.05, 3.63) is 82.4 Å². The Labute approximate surface area is 211 Å². The molecular formula is C28H29Cl2N3O. The lowest BCUT2D eigenvalue weighted by molar-refractivity contribution is 0.152. The van der Waals surface area contributed by atoms with Crippen LogP contribution in [0.1, 0.15) is 42.2 Å². The molecule has 1 saturated heterocycles. The number of nitrogens with zero attached hydrogens (tertiary/aromatic N) is 1. The summed E-state index contributed by atoms with van der Waals surface area (Å²) in [6.07, 6.45) is 3.24. The minimum atomic E-state index is -0.724. The van der Waals surface area contributed by atoms with E-state index in [4.69, 9.17) is 11.6 Å². The van der Waals surface area contributed by atoms with E-state index in [2.05, 4.69) is 57.7 Å². The monoisotopic (exact) mass is 493 g/mol. The molecule has 0 aliphatic carbocycles. The van der Waals surface area contributed by atoms with Gasteiger partial charge in [-0.3, -0.25) is 10.2 Å². The molecule has 0 amide bonds. The Kier molecular flexibility index (Phi) is 6.70. The Morgan fingerprint density at radius 2 is 1.74 bits per heavy atom. The number of halogens is 2. The molecule has 0 bridgehead atoms. The van der Waals surface area contributed by atoms with Crippen LogP contribution in [-0.4, -0.2) is 28.1 Å². The molecule has 0 saturated carbocycles. The molecule has 3 heterocycles. The number of hydrogen-bond acceptors (Lipinski definition) is 3. The SMILES string of the molecule is Cl.OC1NCc2c(Cl)c(-c3ccccc3)cc(-c3cc4cc(CN5CCCCC5)ccc4[nH]3)c21. The summed E-state index contributed by atoms with van der Waals surface area (Å²) in [5.74, 6) is 0. The molecule has 0 radical (unpaired) electrons. The normalized spacial score (nSPS) is 18.1. The average Bonchev–Trinajstić information content (AvgIpc) is 3.45. The smallest absolute Gasteiger partial charge is 0.132 e. The average molecular weight is 494 g/mol. The minimum absolute atomic E-state index is 0. The number of H-pyrrole nitrogens is 1. The molecule has 1 fully saturated rings. The van der Waals surface area contributed by atoms with E-state index in [0.717, 1.165) is 45.6 Å². The summed E-state index contributed by atoms with van der Waals surface area (Å²) in [5.41, 5.74) is 8.39. The highest BCUT2D eigenvalue weighted by atomic mass is 35.5. The summed E-state index contributed by atoms with van der Waals surface area (Å²) in [6, 6.07) is 21.3. The van der Waals surface area contributed by atoms with Crippen molar-refractivity contribution in [3.63, 3.8) is 0 Å². The summed E-state index contributed by atoms with van der Waals surface area (Å²) in [4.78, 5) is 6.15. The first kappa shape index (κ1) is 23.4. The van der Waals surface area contributed by atoms with Gasteiger partial charge in [0.2, 0.25) is 0 Å². The van der Waals surface area contributed by atoms with E-state index in [0.29, 0.717) is 11.6 Å². The van der Waals surface area contributed by atoms with Crippen LogP contribution in [0.5, 0.6) is 0 Å². The maximum Gasteiger partial charge on any atom is 0.132 e. The van der Waals surface area contributed by atoms with Crippen LogP contribution in [0.25, 0.3) is 33.3 Å². The largest absolute Gasteiger partial charge is 0.374 e. The molecule has 176 valence electrons. The zero-order valence-electron chi connectivity index (χ0n) is 19.0. The molecule has 2 aliphatic rings. The van der Waals surface area contributed by atoms with Gasteiger partial charge in [-0.15, -0.1) is 12.4 Å². The number of nitrogens with one attached hydrogen (secondary N) is 2. The molecule has 6 heteroatoms. The Morgan fingerprint density at radius 3 is 2.53 bits per heavy atom. The van der Waals surface area contributed by atoms with Gasteiger partial charge in [0.05, 0.1) is 5.02 Å². The number of likely N-dealkylation sites (tertiary alicyclic amines) is 1. The third-order valence-corrected chi connectivity index (χ3v) is 7.50. The number of piperidine rings is 1. The second-order valence-corrected chi connectivity index (χ2v) is 9.65. The lowest BCUT2D eigenvalue weighted by atomic mass is 9.93. The van der Waals surface area contributed by atoms with Crippen molar-refractivity contribution >= 4 is 34.9 Å². The van der Waals surface area contributed by atoms with Crippen LogP contribution in [0.2, 0.25) is 5.02 Å². The van der Waals surface area contributed by atoms with Crippen molar-refractivity contribution in [1.29, 1.82) is 0 Å². The standard InChI is InChI=1S/C28H28ClN3O.ClH/c29-27-21(19-7-3-1-4-8-19)15-22(26-23(27)16-30-28(26)33)25-14-20-13-18(9-10-24(20)31-25)17-32-11-5-2-6-12-32;/h1,3-4,7-10,13-15,28,30-31,33H,2,5-6,11-12,16-17H2;1H. The number of fused-ring (bicyclic) bond motifs is 2. The molecule has 1 aromatic heterocycles. The van der Waals surface area contributed by atoms with Gasteiger partial charge in [0.25, 0.3) is 0 Å². The van der Waals surface area contributed by atoms with Gasteiger partial charge in [-0.05, 0) is 66.9 Å². The van der Waals surface area contributed by atoms with Crippen molar-refractivity contribution in [2.45, 2.75) is 38.6 Å². The molecule has 1 unspecified atom stereocenters.